The summed E-state index contributed by atoms with van der Waals surface area (Å²) in [4.78, 5) is 41.9. The van der Waals surface area contributed by atoms with Gasteiger partial charge in [-0.05, 0) is 255 Å². The minimum absolute atomic E-state index is 0. The minimum Gasteiger partial charge on any atom is -0.481 e. The molecule has 0 aliphatic carbocycles. The van der Waals surface area contributed by atoms with E-state index in [1.165, 1.54) is 72.7 Å². The van der Waals surface area contributed by atoms with Crippen LogP contribution in [0, 0.1) is 55.4 Å². The predicted molar refractivity (Wildman–Crippen MR) is 480 cm³/mol. The summed E-state index contributed by atoms with van der Waals surface area (Å²) < 4.78 is 4.99. The minimum atomic E-state index is 0. The summed E-state index contributed by atoms with van der Waals surface area (Å²) >= 11 is 5.65. The monoisotopic (exact) mass is 1520 g/mol. The van der Waals surface area contributed by atoms with Crippen molar-refractivity contribution in [2.24, 2.45) is 0 Å². The lowest BCUT2D eigenvalue weighted by Gasteiger charge is -2.05. The first-order valence-corrected chi connectivity index (χ1v) is 39.8. The highest BCUT2D eigenvalue weighted by atomic mass is 35.5. The second kappa shape index (κ2) is 56.9. The lowest BCUT2D eigenvalue weighted by atomic mass is 10.0. The quantitative estimate of drug-likeness (QED) is 0.116. The van der Waals surface area contributed by atoms with Gasteiger partial charge in [-0.3, -0.25) is 44.9 Å². The van der Waals surface area contributed by atoms with Gasteiger partial charge in [-0.2, -0.15) is 0 Å². The SMILES string of the molecule is C.CC(C)c1ccc(Cl)cn1.CC(C)c1ccccc1.COc1cc(C(C)C)ccn1.Cc1cc(C(C)C)ccn1.Cc1ccc(C(C)C)cn1.Cc1ccc(C(C)C)cn1.Cc1ccc(C(C)C)cn1.Cc1ccc(C(C)C)cn1.Cc1ccc(C(C)C)nc1.Cc1ccc(C(C)C)nc1.Cc1ccnc(C(C)C)c1. The third-order valence-electron chi connectivity index (χ3n) is 17.0. The molecule has 1 aromatic carbocycles. The molecular weight excluding hydrogens is 1380 g/mol. The molecule has 0 bridgehead atoms. The highest BCUT2D eigenvalue weighted by Gasteiger charge is 2.05. The van der Waals surface area contributed by atoms with E-state index in [4.69, 9.17) is 16.3 Å². The van der Waals surface area contributed by atoms with Crippen LogP contribution < -0.4 is 4.74 Å². The predicted octanol–water partition coefficient (Wildman–Crippen LogP) is 28.6. The topological polar surface area (TPSA) is 138 Å². The zero-order chi connectivity index (χ0) is 83.0. The number of rotatable bonds is 12. The number of aryl methyl sites for hydroxylation is 8. The maximum Gasteiger partial charge on any atom is 0.213 e. The van der Waals surface area contributed by atoms with Gasteiger partial charge < -0.3 is 4.74 Å². The maximum atomic E-state index is 5.65. The number of hydrogen-bond acceptors (Lipinski definition) is 11. The molecule has 0 atom stereocenters. The number of pyridine rings is 10. The first-order chi connectivity index (χ1) is 51.8. The van der Waals surface area contributed by atoms with Crippen molar-refractivity contribution in [2.75, 3.05) is 7.11 Å². The Hall–Kier alpha value is -9.19. The van der Waals surface area contributed by atoms with E-state index in [0.29, 0.717) is 76.0 Å². The van der Waals surface area contributed by atoms with Gasteiger partial charge in [0.2, 0.25) is 5.88 Å². The number of methoxy groups -OCH3 is 1. The van der Waals surface area contributed by atoms with Crippen LogP contribution in [0.1, 0.15) is 332 Å². The van der Waals surface area contributed by atoms with Gasteiger partial charge in [0.15, 0.2) is 0 Å². The van der Waals surface area contributed by atoms with Gasteiger partial charge in [0.25, 0.3) is 0 Å². The van der Waals surface area contributed by atoms with Crippen molar-refractivity contribution in [1.29, 1.82) is 0 Å². The standard InChI is InChI=1S/C9H13NO.8C9H13N.C9H12.C8H10ClN.CH4/c1-7(2)8-4-5-10-9(6-8)11-3;1-7(2)9-4-5-10-8(3)6-9;4*1-7(2)9-5-4-8(3)10-6-9;1-7(2)9-6-8(3)4-5-10-9;2*1-7(2)9-5-4-8(3)6-10-9;1-8(2)9-6-4-3-5-7-9;1-6(2)8-4-3-7(9)5-10-8;/h4-7H,1-3H3;8*4-7H,1-3H3;3-8H,1-2H3;3-6H,1-2H3;1H4. The fourth-order valence-corrected chi connectivity index (χ4v) is 9.30. The Morgan fingerprint density at radius 3 is 0.802 bits per heavy atom. The number of aromatic nitrogens is 10. The molecule has 0 saturated heterocycles. The van der Waals surface area contributed by atoms with E-state index >= 15 is 0 Å². The summed E-state index contributed by atoms with van der Waals surface area (Å²) in [5, 5.41) is 0.699. The van der Waals surface area contributed by atoms with Crippen molar-refractivity contribution >= 4 is 11.6 Å². The van der Waals surface area contributed by atoms with Crippen LogP contribution in [0.2, 0.25) is 5.02 Å². The second-order valence-corrected chi connectivity index (χ2v) is 31.5. The van der Waals surface area contributed by atoms with Crippen LogP contribution in [-0.4, -0.2) is 56.9 Å². The molecule has 0 aliphatic heterocycles. The van der Waals surface area contributed by atoms with Crippen LogP contribution in [0.15, 0.2) is 214 Å². The molecule has 0 aliphatic rings. The molecule has 0 unspecified atom stereocenters. The highest BCUT2D eigenvalue weighted by Crippen LogP contribution is 2.21. The number of nitrogens with zero attached hydrogens (tertiary/aromatic N) is 10. The molecule has 0 radical (unpaired) electrons. The van der Waals surface area contributed by atoms with Crippen LogP contribution in [0.3, 0.4) is 0 Å². The normalized spacial score (nSPS) is 10.3. The Morgan fingerprint density at radius 1 is 0.234 bits per heavy atom. The third kappa shape index (κ3) is 46.9. The van der Waals surface area contributed by atoms with Crippen LogP contribution in [0.4, 0.5) is 0 Å². The van der Waals surface area contributed by atoms with Crippen LogP contribution in [-0.2, 0) is 0 Å². The Balaban J connectivity index is 0.00000120. The zero-order valence-electron chi connectivity index (χ0n) is 73.3. The molecule has 0 spiro atoms. The molecular formula is C99H143ClN10O. The number of ether oxygens (including phenoxy) is 1. The lowest BCUT2D eigenvalue weighted by Crippen LogP contribution is -1.91. The average Bonchev–Trinajstić information content (AvgIpc) is 1.00. The van der Waals surface area contributed by atoms with E-state index in [0.717, 1.165) is 34.2 Å². The summed E-state index contributed by atoms with van der Waals surface area (Å²) in [5.41, 5.74) is 23.1. The second-order valence-electron chi connectivity index (χ2n) is 31.1. The molecule has 11 nitrogen and oxygen atoms in total. The zero-order valence-corrected chi connectivity index (χ0v) is 74.1. The third-order valence-corrected chi connectivity index (χ3v) is 17.2. The Labute approximate surface area is 680 Å². The van der Waals surface area contributed by atoms with Gasteiger partial charge >= 0.3 is 0 Å². The van der Waals surface area contributed by atoms with Crippen LogP contribution >= 0.6 is 11.6 Å². The molecule has 12 heteroatoms. The largest absolute Gasteiger partial charge is 0.481 e. The van der Waals surface area contributed by atoms with Gasteiger partial charge in [0.05, 0.1) is 12.1 Å². The van der Waals surface area contributed by atoms with Crippen LogP contribution in [0.25, 0.3) is 0 Å². The van der Waals surface area contributed by atoms with Crippen molar-refractivity contribution < 1.29 is 4.74 Å². The molecule has 602 valence electrons. The van der Waals surface area contributed by atoms with Gasteiger partial charge in [-0.1, -0.05) is 238 Å². The number of benzene rings is 1. The summed E-state index contributed by atoms with van der Waals surface area (Å²) in [7, 11) is 1.63. The summed E-state index contributed by atoms with van der Waals surface area (Å²) in [5.74, 6) is 6.97. The number of hydrogen-bond donors (Lipinski definition) is 0. The fourth-order valence-electron chi connectivity index (χ4n) is 9.19. The first-order valence-electron chi connectivity index (χ1n) is 39.4. The van der Waals surface area contributed by atoms with Gasteiger partial charge in [0.1, 0.15) is 0 Å². The molecule has 0 saturated carbocycles. The average molecular weight is 1520 g/mol. The molecule has 0 N–H and O–H groups in total. The van der Waals surface area contributed by atoms with Gasteiger partial charge in [-0.15, -0.1) is 0 Å². The van der Waals surface area contributed by atoms with Gasteiger partial charge in [-0.25, -0.2) is 4.98 Å². The van der Waals surface area contributed by atoms with Crippen molar-refractivity contribution in [3.8, 4) is 5.88 Å². The van der Waals surface area contributed by atoms with E-state index in [1.807, 2.05) is 121 Å². The summed E-state index contributed by atoms with van der Waals surface area (Å²) in [6.45, 7) is 63.8. The Morgan fingerprint density at radius 2 is 0.559 bits per heavy atom. The van der Waals surface area contributed by atoms with Gasteiger partial charge in [0, 0.05) is 119 Å². The molecule has 11 rings (SSSR count). The highest BCUT2D eigenvalue weighted by molar-refractivity contribution is 6.30. The Kier molecular flexibility index (Phi) is 52.2. The van der Waals surface area contributed by atoms with E-state index in [-0.39, 0.29) is 7.43 Å². The molecule has 111 heavy (non-hydrogen) atoms. The van der Waals surface area contributed by atoms with E-state index in [2.05, 4.69) is 338 Å². The summed E-state index contributed by atoms with van der Waals surface area (Å²) in [6.07, 6.45) is 18.8. The molecule has 0 amide bonds. The van der Waals surface area contributed by atoms with E-state index in [9.17, 15) is 0 Å². The molecule has 10 heterocycles. The Bertz CT molecular complexity index is 3560. The van der Waals surface area contributed by atoms with Crippen molar-refractivity contribution in [2.45, 2.75) is 280 Å². The summed E-state index contributed by atoms with van der Waals surface area (Å²) in [6, 6.07) is 51.7. The van der Waals surface area contributed by atoms with Crippen LogP contribution in [0.5, 0.6) is 5.88 Å². The van der Waals surface area contributed by atoms with E-state index in [1.54, 1.807) is 19.5 Å². The molecule has 10 aromatic heterocycles. The maximum absolute atomic E-state index is 5.65. The fraction of sp³-hybridized carbons (Fsp3) is 0.434. The smallest absolute Gasteiger partial charge is 0.213 e. The van der Waals surface area contributed by atoms with Crippen molar-refractivity contribution in [1.82, 2.24) is 49.8 Å². The molecule has 11 aromatic rings. The van der Waals surface area contributed by atoms with Crippen molar-refractivity contribution in [3.05, 3.63) is 326 Å². The van der Waals surface area contributed by atoms with E-state index < -0.39 is 0 Å². The first kappa shape index (κ1) is 102. The lowest BCUT2D eigenvalue weighted by molar-refractivity contribution is 0.397. The molecule has 0 fully saturated rings. The van der Waals surface area contributed by atoms with Crippen molar-refractivity contribution in [3.63, 3.8) is 0 Å². The number of halogens is 1.